The van der Waals surface area contributed by atoms with Crippen LogP contribution < -0.4 is 5.32 Å². The van der Waals surface area contributed by atoms with Gasteiger partial charge in [0.05, 0.1) is 12.2 Å². The Morgan fingerprint density at radius 1 is 1.26 bits per heavy atom. The number of aromatic nitrogens is 2. The molecule has 0 aliphatic rings. The van der Waals surface area contributed by atoms with Crippen LogP contribution in [0.4, 0.5) is 0 Å². The van der Waals surface area contributed by atoms with Crippen LogP contribution in [-0.4, -0.2) is 15.3 Å². The number of carbonyl (C=O) groups is 1. The Balaban J connectivity index is 1.57. The van der Waals surface area contributed by atoms with Gasteiger partial charge < -0.3 is 9.72 Å². The molecule has 0 aliphatic heterocycles. The summed E-state index contributed by atoms with van der Waals surface area (Å²) in [7, 11) is 0. The molecule has 1 aromatic carbocycles. The van der Waals surface area contributed by atoms with Gasteiger partial charge in [0.2, 0.25) is 5.91 Å². The molecule has 118 valence electrons. The first-order valence-electron chi connectivity index (χ1n) is 7.56. The van der Waals surface area contributed by atoms with Crippen LogP contribution >= 0.6 is 15.9 Å². The number of rotatable bonds is 5. The summed E-state index contributed by atoms with van der Waals surface area (Å²) >= 11 is 3.48. The molecule has 2 heterocycles. The minimum atomic E-state index is 0.0452. The fourth-order valence-electron chi connectivity index (χ4n) is 2.54. The lowest BCUT2D eigenvalue weighted by Gasteiger charge is -2.03. The van der Waals surface area contributed by atoms with Gasteiger partial charge in [-0.15, -0.1) is 0 Å². The Morgan fingerprint density at radius 2 is 2.04 bits per heavy atom. The maximum Gasteiger partial charge on any atom is 0.220 e. The van der Waals surface area contributed by atoms with Crippen molar-refractivity contribution in [3.8, 4) is 0 Å². The second kappa shape index (κ2) is 6.96. The highest BCUT2D eigenvalue weighted by atomic mass is 79.9. The topological polar surface area (TPSA) is 46.4 Å². The number of nitrogens with zero attached hydrogens (tertiary/aromatic N) is 2. The predicted molar refractivity (Wildman–Crippen MR) is 94.2 cm³/mol. The number of halogens is 1. The number of pyridine rings is 1. The zero-order valence-corrected chi connectivity index (χ0v) is 14.5. The van der Waals surface area contributed by atoms with Crippen LogP contribution in [-0.2, 0) is 17.8 Å². The first kappa shape index (κ1) is 15.7. The van der Waals surface area contributed by atoms with Crippen molar-refractivity contribution >= 4 is 27.5 Å². The van der Waals surface area contributed by atoms with Crippen molar-refractivity contribution in [3.63, 3.8) is 0 Å². The van der Waals surface area contributed by atoms with Gasteiger partial charge in [-0.25, -0.2) is 4.98 Å². The van der Waals surface area contributed by atoms with Gasteiger partial charge in [-0.1, -0.05) is 30.3 Å². The summed E-state index contributed by atoms with van der Waals surface area (Å²) in [6, 6.07) is 12.1. The molecular weight excluding hydrogens is 354 g/mol. The van der Waals surface area contributed by atoms with E-state index in [-0.39, 0.29) is 5.91 Å². The Kier molecular flexibility index (Phi) is 4.76. The summed E-state index contributed by atoms with van der Waals surface area (Å²) in [6.45, 7) is 2.47. The van der Waals surface area contributed by atoms with Gasteiger partial charge in [0, 0.05) is 23.3 Å². The van der Waals surface area contributed by atoms with E-state index in [0.29, 0.717) is 13.0 Å². The van der Waals surface area contributed by atoms with E-state index in [1.807, 2.05) is 60.1 Å². The molecule has 23 heavy (non-hydrogen) atoms. The van der Waals surface area contributed by atoms with Crippen molar-refractivity contribution in [2.24, 2.45) is 0 Å². The Bertz CT molecular complexity index is 827. The number of amides is 1. The summed E-state index contributed by atoms with van der Waals surface area (Å²) in [4.78, 5) is 16.5. The van der Waals surface area contributed by atoms with Crippen LogP contribution in [0.15, 0.2) is 53.3 Å². The fraction of sp³-hybridized carbons (Fsp3) is 0.222. The molecule has 2 aromatic heterocycles. The van der Waals surface area contributed by atoms with E-state index in [1.165, 1.54) is 5.56 Å². The zero-order valence-electron chi connectivity index (χ0n) is 12.9. The van der Waals surface area contributed by atoms with Crippen molar-refractivity contribution in [1.29, 1.82) is 0 Å². The summed E-state index contributed by atoms with van der Waals surface area (Å²) < 4.78 is 2.99. The molecule has 0 unspecified atom stereocenters. The highest BCUT2D eigenvalue weighted by Crippen LogP contribution is 2.17. The first-order chi connectivity index (χ1) is 11.1. The number of aryl methyl sites for hydroxylation is 2. The number of hydrogen-bond donors (Lipinski definition) is 1. The van der Waals surface area contributed by atoms with E-state index >= 15 is 0 Å². The third-order valence-corrected chi connectivity index (χ3v) is 4.14. The number of imidazole rings is 1. The van der Waals surface area contributed by atoms with Gasteiger partial charge in [-0.3, -0.25) is 4.79 Å². The number of fused-ring (bicyclic) bond motifs is 1. The molecule has 0 aliphatic carbocycles. The maximum atomic E-state index is 12.0. The van der Waals surface area contributed by atoms with Crippen LogP contribution in [0.5, 0.6) is 0 Å². The average Bonchev–Trinajstić information content (AvgIpc) is 2.95. The van der Waals surface area contributed by atoms with Crippen LogP contribution in [0, 0.1) is 6.92 Å². The van der Waals surface area contributed by atoms with E-state index in [1.54, 1.807) is 0 Å². The highest BCUT2D eigenvalue weighted by Gasteiger charge is 2.07. The Hall–Kier alpha value is -2.14. The SMILES string of the molecule is Cc1cc(Br)cn2cc(CNC(=O)CCc3ccccc3)nc12. The molecule has 0 spiro atoms. The zero-order chi connectivity index (χ0) is 16.2. The standard InChI is InChI=1S/C18H18BrN3O/c1-13-9-15(19)11-22-12-16(21-18(13)22)10-20-17(23)8-7-14-5-3-2-4-6-14/h2-6,9,11-12H,7-8,10H2,1H3,(H,20,23). The van der Waals surface area contributed by atoms with Gasteiger partial charge >= 0.3 is 0 Å². The second-order valence-electron chi connectivity index (χ2n) is 5.57. The Morgan fingerprint density at radius 3 is 2.83 bits per heavy atom. The largest absolute Gasteiger partial charge is 0.350 e. The molecule has 0 atom stereocenters. The number of carbonyl (C=O) groups excluding carboxylic acids is 1. The van der Waals surface area contributed by atoms with Crippen LogP contribution in [0.1, 0.15) is 23.2 Å². The van der Waals surface area contributed by atoms with E-state index in [2.05, 4.69) is 26.2 Å². The van der Waals surface area contributed by atoms with Crippen molar-refractivity contribution in [1.82, 2.24) is 14.7 Å². The minimum Gasteiger partial charge on any atom is -0.350 e. The van der Waals surface area contributed by atoms with Crippen molar-refractivity contribution in [2.45, 2.75) is 26.3 Å². The van der Waals surface area contributed by atoms with Crippen molar-refractivity contribution in [2.75, 3.05) is 0 Å². The molecule has 0 radical (unpaired) electrons. The molecule has 3 rings (SSSR count). The lowest BCUT2D eigenvalue weighted by Crippen LogP contribution is -2.23. The van der Waals surface area contributed by atoms with E-state index in [0.717, 1.165) is 27.8 Å². The molecule has 3 aromatic rings. The lowest BCUT2D eigenvalue weighted by molar-refractivity contribution is -0.121. The van der Waals surface area contributed by atoms with Crippen LogP contribution in [0.3, 0.4) is 0 Å². The molecule has 0 fully saturated rings. The Labute approximate surface area is 143 Å². The predicted octanol–water partition coefficient (Wildman–Crippen LogP) is 3.65. The average molecular weight is 372 g/mol. The van der Waals surface area contributed by atoms with E-state index in [4.69, 9.17) is 0 Å². The summed E-state index contributed by atoms with van der Waals surface area (Å²) in [6.07, 6.45) is 5.16. The van der Waals surface area contributed by atoms with Crippen LogP contribution in [0.2, 0.25) is 0 Å². The first-order valence-corrected chi connectivity index (χ1v) is 8.35. The van der Waals surface area contributed by atoms with Gasteiger partial charge in [0.25, 0.3) is 0 Å². The normalized spacial score (nSPS) is 10.9. The fourth-order valence-corrected chi connectivity index (χ4v) is 3.11. The van der Waals surface area contributed by atoms with Crippen molar-refractivity contribution in [3.05, 3.63) is 70.1 Å². The molecule has 0 bridgehead atoms. The molecule has 0 saturated heterocycles. The van der Waals surface area contributed by atoms with E-state index < -0.39 is 0 Å². The molecule has 5 heteroatoms. The van der Waals surface area contributed by atoms with Gasteiger partial charge in [0.15, 0.2) is 0 Å². The lowest BCUT2D eigenvalue weighted by atomic mass is 10.1. The summed E-state index contributed by atoms with van der Waals surface area (Å²) in [5, 5.41) is 2.94. The summed E-state index contributed by atoms with van der Waals surface area (Å²) in [5.74, 6) is 0.0452. The summed E-state index contributed by atoms with van der Waals surface area (Å²) in [5.41, 5.74) is 4.05. The number of benzene rings is 1. The van der Waals surface area contributed by atoms with Crippen molar-refractivity contribution < 1.29 is 4.79 Å². The molecule has 1 N–H and O–H groups in total. The van der Waals surface area contributed by atoms with Gasteiger partial charge in [0.1, 0.15) is 5.65 Å². The quantitative estimate of drug-likeness (QED) is 0.743. The van der Waals surface area contributed by atoms with E-state index in [9.17, 15) is 4.79 Å². The molecule has 1 amide bonds. The minimum absolute atomic E-state index is 0.0452. The number of nitrogens with one attached hydrogen (secondary N) is 1. The molecule has 4 nitrogen and oxygen atoms in total. The van der Waals surface area contributed by atoms with Gasteiger partial charge in [-0.05, 0) is 46.5 Å². The van der Waals surface area contributed by atoms with Gasteiger partial charge in [-0.2, -0.15) is 0 Å². The molecule has 0 saturated carbocycles. The monoisotopic (exact) mass is 371 g/mol. The highest BCUT2D eigenvalue weighted by molar-refractivity contribution is 9.10. The maximum absolute atomic E-state index is 12.0. The second-order valence-corrected chi connectivity index (χ2v) is 6.48. The number of hydrogen-bond acceptors (Lipinski definition) is 2. The third-order valence-electron chi connectivity index (χ3n) is 3.70. The van der Waals surface area contributed by atoms with Crippen LogP contribution in [0.25, 0.3) is 5.65 Å². The molecular formula is C18H18BrN3O. The third kappa shape index (κ3) is 3.99. The smallest absolute Gasteiger partial charge is 0.220 e.